The molecule has 0 heterocycles. The maximum atomic E-state index is 13.5. The Balaban J connectivity index is 2.23. The van der Waals surface area contributed by atoms with Crippen LogP contribution >= 0.6 is 0 Å². The number of amides is 2. The Bertz CT molecular complexity index is 1150. The Kier molecular flexibility index (Phi) is 11.0. The second-order valence-corrected chi connectivity index (χ2v) is 11.3. The van der Waals surface area contributed by atoms with Gasteiger partial charge in [0.15, 0.2) is 0 Å². The highest BCUT2D eigenvalue weighted by molar-refractivity contribution is 7.92. The fraction of sp³-hybridized carbons (Fsp3) is 0.500. The summed E-state index contributed by atoms with van der Waals surface area (Å²) in [5, 5.41) is 2.92. The number of anilines is 1. The van der Waals surface area contributed by atoms with Crippen LogP contribution in [0, 0.1) is 20.8 Å². The summed E-state index contributed by atoms with van der Waals surface area (Å²) in [7, 11) is -3.52. The number of hydrogen-bond acceptors (Lipinski definition) is 4. The van der Waals surface area contributed by atoms with Crippen molar-refractivity contribution in [2.45, 2.75) is 72.9 Å². The molecular formula is C28H41N3O4S. The Labute approximate surface area is 216 Å². The van der Waals surface area contributed by atoms with E-state index in [1.165, 1.54) is 10.6 Å². The minimum absolute atomic E-state index is 0.139. The molecule has 0 fully saturated rings. The first-order valence-electron chi connectivity index (χ1n) is 12.7. The molecule has 0 radical (unpaired) electrons. The molecule has 2 rings (SSSR count). The van der Waals surface area contributed by atoms with Crippen molar-refractivity contribution in [3.8, 4) is 0 Å². The van der Waals surface area contributed by atoms with Gasteiger partial charge >= 0.3 is 0 Å². The van der Waals surface area contributed by atoms with E-state index in [-0.39, 0.29) is 24.8 Å². The maximum Gasteiger partial charge on any atom is 0.242 e. The minimum Gasteiger partial charge on any atom is -0.354 e. The summed E-state index contributed by atoms with van der Waals surface area (Å²) in [5.41, 5.74) is 4.72. The molecule has 2 amide bonds. The van der Waals surface area contributed by atoms with Gasteiger partial charge in [-0.3, -0.25) is 13.9 Å². The van der Waals surface area contributed by atoms with Gasteiger partial charge in [-0.15, -0.1) is 0 Å². The Morgan fingerprint density at radius 2 is 1.67 bits per heavy atom. The fourth-order valence-electron chi connectivity index (χ4n) is 4.14. The van der Waals surface area contributed by atoms with Crippen molar-refractivity contribution in [2.24, 2.45) is 0 Å². The maximum absolute atomic E-state index is 13.5. The van der Waals surface area contributed by atoms with Crippen molar-refractivity contribution in [3.63, 3.8) is 0 Å². The average molecular weight is 516 g/mol. The molecule has 198 valence electrons. The van der Waals surface area contributed by atoms with Gasteiger partial charge in [-0.05, 0) is 74.4 Å². The van der Waals surface area contributed by atoms with Gasteiger partial charge in [-0.25, -0.2) is 8.42 Å². The van der Waals surface area contributed by atoms with Crippen molar-refractivity contribution in [2.75, 3.05) is 23.7 Å². The number of nitrogens with zero attached hydrogens (tertiary/aromatic N) is 2. The van der Waals surface area contributed by atoms with Crippen LogP contribution in [0.3, 0.4) is 0 Å². The number of nitrogens with one attached hydrogen (secondary N) is 1. The van der Waals surface area contributed by atoms with E-state index in [1.807, 2.05) is 71.0 Å². The number of rotatable bonds is 13. The highest BCUT2D eigenvalue weighted by atomic mass is 32.2. The lowest BCUT2D eigenvalue weighted by molar-refractivity contribution is -0.141. The molecule has 2 aromatic carbocycles. The van der Waals surface area contributed by atoms with Gasteiger partial charge in [0.25, 0.3) is 0 Å². The van der Waals surface area contributed by atoms with Crippen molar-refractivity contribution < 1.29 is 18.0 Å². The molecule has 0 aliphatic carbocycles. The smallest absolute Gasteiger partial charge is 0.242 e. The molecule has 7 nitrogen and oxygen atoms in total. The predicted molar refractivity (Wildman–Crippen MR) is 146 cm³/mol. The van der Waals surface area contributed by atoms with Crippen LogP contribution in [0.25, 0.3) is 0 Å². The molecule has 0 aliphatic heterocycles. The summed E-state index contributed by atoms with van der Waals surface area (Å²) in [6.07, 6.45) is 2.97. The fourth-order valence-corrected chi connectivity index (χ4v) is 5.10. The van der Waals surface area contributed by atoms with Crippen molar-refractivity contribution >= 4 is 27.5 Å². The number of aryl methyl sites for hydroxylation is 3. The summed E-state index contributed by atoms with van der Waals surface area (Å²) in [6, 6.07) is 12.8. The van der Waals surface area contributed by atoms with Crippen LogP contribution in [0.5, 0.6) is 0 Å². The van der Waals surface area contributed by atoms with Crippen molar-refractivity contribution in [3.05, 3.63) is 64.7 Å². The van der Waals surface area contributed by atoms with E-state index >= 15 is 0 Å². The van der Waals surface area contributed by atoms with E-state index in [9.17, 15) is 18.0 Å². The van der Waals surface area contributed by atoms with Gasteiger partial charge < -0.3 is 10.2 Å². The number of benzene rings is 2. The zero-order valence-electron chi connectivity index (χ0n) is 22.5. The van der Waals surface area contributed by atoms with Crippen LogP contribution in [0.4, 0.5) is 5.69 Å². The predicted octanol–water partition coefficient (Wildman–Crippen LogP) is 4.49. The molecule has 0 saturated heterocycles. The second kappa shape index (κ2) is 13.4. The van der Waals surface area contributed by atoms with E-state index in [0.717, 1.165) is 28.7 Å². The third-order valence-electron chi connectivity index (χ3n) is 6.47. The van der Waals surface area contributed by atoms with E-state index < -0.39 is 16.1 Å². The zero-order chi connectivity index (χ0) is 26.9. The third kappa shape index (κ3) is 8.08. The topological polar surface area (TPSA) is 86.8 Å². The first-order chi connectivity index (χ1) is 17.0. The molecule has 36 heavy (non-hydrogen) atoms. The van der Waals surface area contributed by atoms with Crippen LogP contribution in [-0.4, -0.2) is 50.5 Å². The quantitative estimate of drug-likeness (QED) is 0.426. The summed E-state index contributed by atoms with van der Waals surface area (Å²) in [6.45, 7) is 10.9. The lowest BCUT2D eigenvalue weighted by atomic mass is 10.1. The number of carbonyl (C=O) groups excluding carboxylic acids is 2. The first kappa shape index (κ1) is 29.4. The van der Waals surface area contributed by atoms with E-state index in [4.69, 9.17) is 0 Å². The van der Waals surface area contributed by atoms with Crippen molar-refractivity contribution in [1.82, 2.24) is 10.2 Å². The van der Waals surface area contributed by atoms with E-state index in [2.05, 4.69) is 5.32 Å². The molecule has 0 bridgehead atoms. The van der Waals surface area contributed by atoms with E-state index in [0.29, 0.717) is 31.6 Å². The number of carbonyl (C=O) groups is 2. The van der Waals surface area contributed by atoms with Crippen LogP contribution < -0.4 is 9.62 Å². The van der Waals surface area contributed by atoms with Gasteiger partial charge in [-0.1, -0.05) is 44.2 Å². The van der Waals surface area contributed by atoms with Gasteiger partial charge in [0.2, 0.25) is 21.8 Å². The van der Waals surface area contributed by atoms with Crippen LogP contribution in [0.2, 0.25) is 0 Å². The van der Waals surface area contributed by atoms with Gasteiger partial charge in [-0.2, -0.15) is 0 Å². The second-order valence-electron chi connectivity index (χ2n) is 9.37. The highest BCUT2D eigenvalue weighted by Crippen LogP contribution is 2.23. The van der Waals surface area contributed by atoms with Crippen LogP contribution in [-0.2, 0) is 26.2 Å². The largest absolute Gasteiger partial charge is 0.354 e. The molecule has 2 aromatic rings. The molecule has 0 spiro atoms. The minimum atomic E-state index is -3.52. The summed E-state index contributed by atoms with van der Waals surface area (Å²) in [4.78, 5) is 28.0. The Morgan fingerprint density at radius 3 is 2.25 bits per heavy atom. The molecule has 8 heteroatoms. The van der Waals surface area contributed by atoms with E-state index in [1.54, 1.807) is 11.0 Å². The van der Waals surface area contributed by atoms with Gasteiger partial charge in [0.1, 0.15) is 6.04 Å². The number of sulfonamides is 1. The Hall–Kier alpha value is -2.87. The lowest BCUT2D eigenvalue weighted by Crippen LogP contribution is -2.49. The molecular weight excluding hydrogens is 474 g/mol. The monoisotopic (exact) mass is 515 g/mol. The summed E-state index contributed by atoms with van der Waals surface area (Å²) >= 11 is 0. The molecule has 1 unspecified atom stereocenters. The van der Waals surface area contributed by atoms with Gasteiger partial charge in [0.05, 0.1) is 11.9 Å². The average Bonchev–Trinajstić information content (AvgIpc) is 2.82. The van der Waals surface area contributed by atoms with Gasteiger partial charge in [0, 0.05) is 26.1 Å². The van der Waals surface area contributed by atoms with Crippen LogP contribution in [0.15, 0.2) is 42.5 Å². The normalized spacial score (nSPS) is 12.2. The lowest BCUT2D eigenvalue weighted by Gasteiger charge is -2.31. The number of hydrogen-bond donors (Lipinski definition) is 1. The summed E-state index contributed by atoms with van der Waals surface area (Å²) < 4.78 is 26.4. The highest BCUT2D eigenvalue weighted by Gasteiger charge is 2.29. The molecule has 0 aliphatic rings. The van der Waals surface area contributed by atoms with Crippen LogP contribution in [0.1, 0.15) is 61.8 Å². The Morgan fingerprint density at radius 1 is 0.972 bits per heavy atom. The molecule has 0 saturated carbocycles. The SMILES string of the molecule is CCCNC(=O)C(CC)N(Cc1ccccc1C)C(=O)CCCN(c1ccc(C)c(C)c1)S(C)(=O)=O. The van der Waals surface area contributed by atoms with Crippen molar-refractivity contribution in [1.29, 1.82) is 0 Å². The molecule has 1 atom stereocenters. The first-order valence-corrected chi connectivity index (χ1v) is 14.5. The summed E-state index contributed by atoms with van der Waals surface area (Å²) in [5.74, 6) is -0.320. The molecule has 1 N–H and O–H groups in total. The standard InChI is InChI=1S/C28H41N3O4S/c1-7-17-29-28(33)26(8-2)30(20-24-13-10-9-12-22(24)4)27(32)14-11-18-31(36(6,34)35)25-16-15-21(3)23(5)19-25/h9-10,12-13,15-16,19,26H,7-8,11,14,17-18,20H2,1-6H3,(H,29,33). The zero-order valence-corrected chi connectivity index (χ0v) is 23.3. The molecule has 0 aromatic heterocycles. The third-order valence-corrected chi connectivity index (χ3v) is 7.66.